The number of methoxy groups -OCH3 is 1. The van der Waals surface area contributed by atoms with E-state index in [0.29, 0.717) is 18.8 Å². The number of aromatic nitrogens is 3. The van der Waals surface area contributed by atoms with Crippen LogP contribution in [0, 0.1) is 0 Å². The maximum absolute atomic E-state index is 13.1. The fourth-order valence-electron chi connectivity index (χ4n) is 4.24. The second kappa shape index (κ2) is 10.7. The van der Waals surface area contributed by atoms with Crippen LogP contribution < -0.4 is 9.64 Å². The lowest BCUT2D eigenvalue weighted by molar-refractivity contribution is -0.128. The molecule has 1 saturated heterocycles. The molecule has 4 aromatic rings. The number of carbonyl (C=O) groups excluding carboxylic acids is 1. The van der Waals surface area contributed by atoms with Crippen LogP contribution in [-0.2, 0) is 4.79 Å². The lowest BCUT2D eigenvalue weighted by Gasteiger charge is -2.35. The molecular formula is C27H27N5O2S. The molecule has 0 spiro atoms. The average molecular weight is 486 g/mol. The van der Waals surface area contributed by atoms with Gasteiger partial charge >= 0.3 is 0 Å². The molecule has 1 fully saturated rings. The van der Waals surface area contributed by atoms with Gasteiger partial charge in [-0.25, -0.2) is 9.97 Å². The van der Waals surface area contributed by atoms with E-state index < -0.39 is 0 Å². The Kier molecular flexibility index (Phi) is 6.99. The SMILES string of the molecule is COc1ccccc1-n1c(-c2ccccc2)cnc1SCC(=O)N1CCN(c2ccccn2)CC1. The van der Waals surface area contributed by atoms with Gasteiger partial charge in [0.1, 0.15) is 11.6 Å². The first kappa shape index (κ1) is 23.0. The Morgan fingerprint density at radius 3 is 2.40 bits per heavy atom. The van der Waals surface area contributed by atoms with Crippen molar-refractivity contribution in [2.75, 3.05) is 43.9 Å². The van der Waals surface area contributed by atoms with Crippen LogP contribution in [0.3, 0.4) is 0 Å². The summed E-state index contributed by atoms with van der Waals surface area (Å²) in [5.74, 6) is 2.15. The normalized spacial score (nSPS) is 13.6. The number of benzene rings is 2. The van der Waals surface area contributed by atoms with Gasteiger partial charge in [0.2, 0.25) is 5.91 Å². The average Bonchev–Trinajstić information content (AvgIpc) is 3.36. The molecule has 7 nitrogen and oxygen atoms in total. The molecule has 1 aliphatic heterocycles. The number of rotatable bonds is 7. The molecule has 1 aliphatic rings. The van der Waals surface area contributed by atoms with Crippen LogP contribution in [0.15, 0.2) is 90.3 Å². The highest BCUT2D eigenvalue weighted by Gasteiger charge is 2.23. The van der Waals surface area contributed by atoms with Gasteiger partial charge in [0.05, 0.1) is 30.4 Å². The lowest BCUT2D eigenvalue weighted by Crippen LogP contribution is -2.49. The number of hydrogen-bond acceptors (Lipinski definition) is 6. The van der Waals surface area contributed by atoms with Gasteiger partial charge in [-0.1, -0.05) is 60.3 Å². The van der Waals surface area contributed by atoms with E-state index in [4.69, 9.17) is 9.72 Å². The highest BCUT2D eigenvalue weighted by molar-refractivity contribution is 7.99. The Labute approximate surface area is 209 Å². The summed E-state index contributed by atoms with van der Waals surface area (Å²) in [4.78, 5) is 26.3. The van der Waals surface area contributed by atoms with E-state index in [9.17, 15) is 4.79 Å². The first-order chi connectivity index (χ1) is 17.2. The molecule has 2 aromatic heterocycles. The summed E-state index contributed by atoms with van der Waals surface area (Å²) < 4.78 is 7.71. The van der Waals surface area contributed by atoms with Crippen LogP contribution in [0.4, 0.5) is 5.82 Å². The third-order valence-electron chi connectivity index (χ3n) is 6.06. The van der Waals surface area contributed by atoms with Gasteiger partial charge in [0, 0.05) is 37.9 Å². The number of carbonyl (C=O) groups is 1. The summed E-state index contributed by atoms with van der Waals surface area (Å²) in [5, 5.41) is 0.758. The molecule has 35 heavy (non-hydrogen) atoms. The smallest absolute Gasteiger partial charge is 0.233 e. The predicted octanol–water partition coefficient (Wildman–Crippen LogP) is 4.38. The Bertz CT molecular complexity index is 1270. The van der Waals surface area contributed by atoms with Gasteiger partial charge in [-0.3, -0.25) is 9.36 Å². The quantitative estimate of drug-likeness (QED) is 0.362. The zero-order valence-corrected chi connectivity index (χ0v) is 20.4. The number of ether oxygens (including phenoxy) is 1. The Morgan fingerprint density at radius 2 is 1.66 bits per heavy atom. The molecule has 3 heterocycles. The molecule has 8 heteroatoms. The first-order valence-corrected chi connectivity index (χ1v) is 12.6. The zero-order chi connectivity index (χ0) is 24.0. The molecule has 0 radical (unpaired) electrons. The number of nitrogens with zero attached hydrogens (tertiary/aromatic N) is 5. The van der Waals surface area contributed by atoms with Crippen molar-refractivity contribution < 1.29 is 9.53 Å². The van der Waals surface area contributed by atoms with Gasteiger partial charge in [-0.15, -0.1) is 0 Å². The van der Waals surface area contributed by atoms with Crippen LogP contribution in [0.5, 0.6) is 5.75 Å². The van der Waals surface area contributed by atoms with Crippen molar-refractivity contribution in [2.24, 2.45) is 0 Å². The molecular weight excluding hydrogens is 458 g/mol. The van der Waals surface area contributed by atoms with E-state index in [1.807, 2.05) is 71.8 Å². The maximum atomic E-state index is 13.1. The van der Waals surface area contributed by atoms with Crippen LogP contribution in [0.2, 0.25) is 0 Å². The van der Waals surface area contributed by atoms with E-state index in [1.165, 1.54) is 11.8 Å². The van der Waals surface area contributed by atoms with E-state index in [2.05, 4.69) is 26.6 Å². The monoisotopic (exact) mass is 485 g/mol. The molecule has 1 amide bonds. The van der Waals surface area contributed by atoms with Crippen LogP contribution in [0.25, 0.3) is 16.9 Å². The number of para-hydroxylation sites is 2. The number of hydrogen-bond donors (Lipinski definition) is 0. The van der Waals surface area contributed by atoms with Gasteiger partial charge in [0.25, 0.3) is 0 Å². The molecule has 0 bridgehead atoms. The summed E-state index contributed by atoms with van der Waals surface area (Å²) in [6.45, 7) is 2.93. The number of imidazole rings is 1. The van der Waals surface area contributed by atoms with Crippen molar-refractivity contribution in [3.8, 4) is 22.7 Å². The lowest BCUT2D eigenvalue weighted by atomic mass is 10.1. The van der Waals surface area contributed by atoms with E-state index in [0.717, 1.165) is 46.8 Å². The number of thioether (sulfide) groups is 1. The third-order valence-corrected chi connectivity index (χ3v) is 6.99. The standard InChI is InChI=1S/C27H27N5O2S/c1-34-24-12-6-5-11-22(24)32-23(21-9-3-2-4-10-21)19-29-27(32)35-20-26(33)31-17-15-30(16-18-31)25-13-7-8-14-28-25/h2-14,19H,15-18,20H2,1H3. The van der Waals surface area contributed by atoms with Crippen molar-refractivity contribution >= 4 is 23.5 Å². The topological polar surface area (TPSA) is 63.5 Å². The van der Waals surface area contributed by atoms with E-state index >= 15 is 0 Å². The minimum absolute atomic E-state index is 0.117. The third kappa shape index (κ3) is 5.02. The predicted molar refractivity (Wildman–Crippen MR) is 139 cm³/mol. The van der Waals surface area contributed by atoms with Gasteiger partial charge in [-0.2, -0.15) is 0 Å². The molecule has 0 saturated carbocycles. The zero-order valence-electron chi connectivity index (χ0n) is 19.6. The minimum Gasteiger partial charge on any atom is -0.495 e. The highest BCUT2D eigenvalue weighted by atomic mass is 32.2. The molecule has 5 rings (SSSR count). The number of anilines is 1. The Hall–Kier alpha value is -3.78. The van der Waals surface area contributed by atoms with E-state index in [1.54, 1.807) is 13.3 Å². The van der Waals surface area contributed by atoms with Crippen LogP contribution >= 0.6 is 11.8 Å². The Balaban J connectivity index is 1.32. The van der Waals surface area contributed by atoms with Crippen LogP contribution in [0.1, 0.15) is 0 Å². The summed E-state index contributed by atoms with van der Waals surface area (Å²) >= 11 is 1.45. The molecule has 178 valence electrons. The number of pyridine rings is 1. The molecule has 0 N–H and O–H groups in total. The van der Waals surface area contributed by atoms with Gasteiger partial charge in [-0.05, 0) is 24.3 Å². The fraction of sp³-hybridized carbons (Fsp3) is 0.222. The molecule has 2 aromatic carbocycles. The van der Waals surface area contributed by atoms with Crippen molar-refractivity contribution in [3.05, 3.63) is 85.2 Å². The fourth-order valence-corrected chi connectivity index (χ4v) is 5.13. The number of amides is 1. The summed E-state index contributed by atoms with van der Waals surface area (Å²) in [6, 6.07) is 23.9. The van der Waals surface area contributed by atoms with Crippen molar-refractivity contribution in [3.63, 3.8) is 0 Å². The summed E-state index contributed by atoms with van der Waals surface area (Å²) in [7, 11) is 1.67. The summed E-state index contributed by atoms with van der Waals surface area (Å²) in [6.07, 6.45) is 3.66. The Morgan fingerprint density at radius 1 is 0.914 bits per heavy atom. The molecule has 0 aliphatic carbocycles. The summed E-state index contributed by atoms with van der Waals surface area (Å²) in [5.41, 5.74) is 2.90. The van der Waals surface area contributed by atoms with Crippen molar-refractivity contribution in [1.82, 2.24) is 19.4 Å². The van der Waals surface area contributed by atoms with Gasteiger partial charge < -0.3 is 14.5 Å². The molecule has 0 unspecified atom stereocenters. The minimum atomic E-state index is 0.117. The van der Waals surface area contributed by atoms with Crippen LogP contribution in [-0.4, -0.2) is 64.4 Å². The first-order valence-electron chi connectivity index (χ1n) is 11.6. The molecule has 0 atom stereocenters. The van der Waals surface area contributed by atoms with Crippen molar-refractivity contribution in [2.45, 2.75) is 5.16 Å². The number of piperazine rings is 1. The van der Waals surface area contributed by atoms with Crippen molar-refractivity contribution in [1.29, 1.82) is 0 Å². The highest BCUT2D eigenvalue weighted by Crippen LogP contribution is 2.34. The maximum Gasteiger partial charge on any atom is 0.233 e. The largest absolute Gasteiger partial charge is 0.495 e. The van der Waals surface area contributed by atoms with Gasteiger partial charge in [0.15, 0.2) is 5.16 Å². The second-order valence-corrected chi connectivity index (χ2v) is 9.09. The van der Waals surface area contributed by atoms with E-state index in [-0.39, 0.29) is 5.91 Å². The second-order valence-electron chi connectivity index (χ2n) is 8.14.